The number of fused-ring (bicyclic) bond motifs is 1. The summed E-state index contributed by atoms with van der Waals surface area (Å²) in [7, 11) is 1.85. The molecule has 3 aromatic carbocycles. The second-order valence-electron chi connectivity index (χ2n) is 11.4. The second-order valence-corrected chi connectivity index (χ2v) is 11.4. The van der Waals surface area contributed by atoms with Crippen molar-refractivity contribution in [3.8, 4) is 45.3 Å². The van der Waals surface area contributed by atoms with Gasteiger partial charge in [-0.05, 0) is 61.4 Å². The summed E-state index contributed by atoms with van der Waals surface area (Å²) < 4.78 is 24.9. The van der Waals surface area contributed by atoms with Crippen LogP contribution >= 0.6 is 0 Å². The molecule has 2 aliphatic heterocycles. The van der Waals surface area contributed by atoms with E-state index in [9.17, 15) is 14.4 Å². The third kappa shape index (κ3) is 6.13. The van der Waals surface area contributed by atoms with E-state index in [2.05, 4.69) is 5.10 Å². The first-order chi connectivity index (χ1) is 22.2. The summed E-state index contributed by atoms with van der Waals surface area (Å²) in [4.78, 5) is 39.9. The van der Waals surface area contributed by atoms with Gasteiger partial charge in [0.1, 0.15) is 28.6 Å². The van der Waals surface area contributed by atoms with Gasteiger partial charge in [0.25, 0.3) is 5.91 Å². The van der Waals surface area contributed by atoms with Gasteiger partial charge in [-0.2, -0.15) is 5.10 Å². The van der Waals surface area contributed by atoms with Gasteiger partial charge >= 0.3 is 6.16 Å². The number of amides is 1. The number of ketones is 1. The van der Waals surface area contributed by atoms with Crippen molar-refractivity contribution in [2.75, 3.05) is 26.3 Å². The number of likely N-dealkylation sites (tertiary alicyclic amines) is 1. The molecule has 3 heterocycles. The zero-order valence-electron chi connectivity index (χ0n) is 25.9. The number of carbonyl (C=O) groups excluding carboxylic acids is 2. The van der Waals surface area contributed by atoms with E-state index < -0.39 is 11.8 Å². The molecule has 238 valence electrons. The lowest BCUT2D eigenvalue weighted by atomic mass is 9.82. The van der Waals surface area contributed by atoms with Crippen LogP contribution in [0.4, 0.5) is 4.79 Å². The van der Waals surface area contributed by atoms with E-state index in [1.807, 2.05) is 45.3 Å². The Balaban J connectivity index is 1.20. The SMILES string of the molecule is CCOc1cc(C(=O)N2CCC3(CC2)CC(=O)c2cc(-c4cnn(C)c4)ccc2O3)cc(OCC)c1-c1ccc(OC(=O)O)cc1. The molecule has 0 unspecified atom stereocenters. The van der Waals surface area contributed by atoms with Crippen LogP contribution in [0.2, 0.25) is 0 Å². The van der Waals surface area contributed by atoms with Crippen LogP contribution in [0.25, 0.3) is 22.3 Å². The Morgan fingerprint density at radius 1 is 0.935 bits per heavy atom. The Morgan fingerprint density at radius 2 is 1.59 bits per heavy atom. The predicted octanol–water partition coefficient (Wildman–Crippen LogP) is 6.25. The minimum Gasteiger partial charge on any atom is -0.493 e. The van der Waals surface area contributed by atoms with Gasteiger partial charge in [0.05, 0.1) is 37.0 Å². The number of carbonyl (C=O) groups is 3. The van der Waals surface area contributed by atoms with E-state index in [1.165, 1.54) is 0 Å². The maximum absolute atomic E-state index is 13.8. The molecule has 1 N–H and O–H groups in total. The Labute approximate surface area is 266 Å². The molecule has 1 aromatic heterocycles. The average Bonchev–Trinajstić information content (AvgIpc) is 3.47. The summed E-state index contributed by atoms with van der Waals surface area (Å²) in [6, 6.07) is 15.6. The lowest BCUT2D eigenvalue weighted by Crippen LogP contribution is -2.52. The maximum atomic E-state index is 13.8. The fraction of sp³-hybridized carbons (Fsp3) is 0.314. The molecular weight excluding hydrogens is 590 g/mol. The summed E-state index contributed by atoms with van der Waals surface area (Å²) in [5.74, 6) is 1.57. The van der Waals surface area contributed by atoms with E-state index in [0.29, 0.717) is 73.1 Å². The molecular formula is C35H35N3O8. The average molecular weight is 626 g/mol. The summed E-state index contributed by atoms with van der Waals surface area (Å²) >= 11 is 0. The topological polar surface area (TPSA) is 129 Å². The highest BCUT2D eigenvalue weighted by Crippen LogP contribution is 2.43. The van der Waals surface area contributed by atoms with Crippen molar-refractivity contribution in [1.29, 1.82) is 0 Å². The molecule has 0 radical (unpaired) electrons. The third-order valence-electron chi connectivity index (χ3n) is 8.35. The molecule has 1 saturated heterocycles. The van der Waals surface area contributed by atoms with Crippen LogP contribution in [0, 0.1) is 0 Å². The molecule has 1 spiro atoms. The Hall–Kier alpha value is -5.32. The van der Waals surface area contributed by atoms with Crippen molar-refractivity contribution in [3.05, 3.63) is 78.1 Å². The van der Waals surface area contributed by atoms with E-state index in [4.69, 9.17) is 24.1 Å². The van der Waals surface area contributed by atoms with Crippen molar-refractivity contribution in [1.82, 2.24) is 14.7 Å². The molecule has 2 aliphatic rings. The van der Waals surface area contributed by atoms with Crippen molar-refractivity contribution >= 4 is 17.8 Å². The van der Waals surface area contributed by atoms with Gasteiger partial charge < -0.3 is 29.0 Å². The summed E-state index contributed by atoms with van der Waals surface area (Å²) in [6.07, 6.45) is 3.57. The van der Waals surface area contributed by atoms with Gasteiger partial charge in [0.2, 0.25) is 0 Å². The molecule has 0 aliphatic carbocycles. The fourth-order valence-electron chi connectivity index (χ4n) is 6.15. The van der Waals surface area contributed by atoms with Crippen LogP contribution in [0.3, 0.4) is 0 Å². The third-order valence-corrected chi connectivity index (χ3v) is 8.35. The van der Waals surface area contributed by atoms with Gasteiger partial charge in [-0.25, -0.2) is 4.79 Å². The van der Waals surface area contributed by atoms with Crippen molar-refractivity contribution < 1.29 is 38.4 Å². The summed E-state index contributed by atoms with van der Waals surface area (Å²) in [5.41, 5.74) is 3.54. The predicted molar refractivity (Wildman–Crippen MR) is 169 cm³/mol. The largest absolute Gasteiger partial charge is 0.511 e. The highest BCUT2D eigenvalue weighted by atomic mass is 16.7. The van der Waals surface area contributed by atoms with Gasteiger partial charge in [-0.15, -0.1) is 0 Å². The van der Waals surface area contributed by atoms with Gasteiger partial charge in [-0.3, -0.25) is 14.3 Å². The molecule has 11 nitrogen and oxygen atoms in total. The number of nitrogens with zero attached hydrogens (tertiary/aromatic N) is 3. The quantitative estimate of drug-likeness (QED) is 0.178. The first-order valence-electron chi connectivity index (χ1n) is 15.3. The number of carboxylic acid groups (broad SMARTS) is 1. The van der Waals surface area contributed by atoms with Gasteiger partial charge in [-0.1, -0.05) is 18.2 Å². The minimum atomic E-state index is -1.40. The van der Waals surface area contributed by atoms with E-state index in [-0.39, 0.29) is 23.9 Å². The van der Waals surface area contributed by atoms with Crippen LogP contribution in [-0.2, 0) is 7.05 Å². The zero-order chi connectivity index (χ0) is 32.4. The zero-order valence-corrected chi connectivity index (χ0v) is 25.9. The smallest absolute Gasteiger partial charge is 0.493 e. The molecule has 4 aromatic rings. The number of ether oxygens (including phenoxy) is 4. The highest BCUT2D eigenvalue weighted by Gasteiger charge is 2.44. The standard InChI is InChI=1S/C35H35N3O8/c1-4-43-30-17-24(18-31(44-5-2)32(30)22-6-9-26(10-7-22)45-34(41)42)33(40)38-14-12-35(13-15-38)19-28(39)27-16-23(8-11-29(27)46-35)25-20-36-37(3)21-25/h6-11,16-18,20-21H,4-5,12-15,19H2,1-3H3,(H,41,42). The number of aromatic nitrogens is 2. The van der Waals surface area contributed by atoms with E-state index >= 15 is 0 Å². The maximum Gasteiger partial charge on any atom is 0.511 e. The van der Waals surface area contributed by atoms with Crippen molar-refractivity contribution in [2.24, 2.45) is 7.05 Å². The molecule has 0 atom stereocenters. The molecule has 1 amide bonds. The van der Waals surface area contributed by atoms with Crippen LogP contribution in [0.15, 0.2) is 67.0 Å². The monoisotopic (exact) mass is 625 g/mol. The number of aryl methyl sites for hydroxylation is 1. The molecule has 46 heavy (non-hydrogen) atoms. The van der Waals surface area contributed by atoms with Crippen molar-refractivity contribution in [2.45, 2.75) is 38.7 Å². The van der Waals surface area contributed by atoms with Crippen molar-refractivity contribution in [3.63, 3.8) is 0 Å². The first kappa shape index (κ1) is 30.7. The molecule has 0 saturated carbocycles. The van der Waals surface area contributed by atoms with E-state index in [1.54, 1.807) is 52.2 Å². The van der Waals surface area contributed by atoms with Crippen LogP contribution in [0.5, 0.6) is 23.0 Å². The normalized spacial score (nSPS) is 15.2. The van der Waals surface area contributed by atoms with Crippen LogP contribution in [-0.4, -0.2) is 69.5 Å². The number of piperidine rings is 1. The van der Waals surface area contributed by atoms with Gasteiger partial charge in [0, 0.05) is 50.3 Å². The second kappa shape index (κ2) is 12.6. The fourth-order valence-corrected chi connectivity index (χ4v) is 6.15. The number of benzene rings is 3. The Bertz CT molecular complexity index is 1760. The van der Waals surface area contributed by atoms with E-state index in [0.717, 1.165) is 16.7 Å². The number of Topliss-reactive ketones (excluding diaryl/α,β-unsaturated/α-hetero) is 1. The Kier molecular flexibility index (Phi) is 8.40. The number of hydrogen-bond acceptors (Lipinski definition) is 8. The molecule has 1 fully saturated rings. The summed E-state index contributed by atoms with van der Waals surface area (Å²) in [6.45, 7) is 5.29. The minimum absolute atomic E-state index is 0.0348. The lowest BCUT2D eigenvalue weighted by Gasteiger charge is -2.44. The molecule has 0 bridgehead atoms. The number of hydrogen-bond donors (Lipinski definition) is 1. The Morgan fingerprint density at radius 3 is 2.17 bits per heavy atom. The number of rotatable bonds is 8. The van der Waals surface area contributed by atoms with Crippen LogP contribution in [0.1, 0.15) is 53.8 Å². The first-order valence-corrected chi connectivity index (χ1v) is 15.3. The highest BCUT2D eigenvalue weighted by molar-refractivity contribution is 6.01. The summed E-state index contributed by atoms with van der Waals surface area (Å²) in [5, 5.41) is 13.1. The van der Waals surface area contributed by atoms with Gasteiger partial charge in [0.15, 0.2) is 5.78 Å². The molecule has 6 rings (SSSR count). The lowest BCUT2D eigenvalue weighted by molar-refractivity contribution is -0.00573. The molecule has 11 heteroatoms. The van der Waals surface area contributed by atoms with Crippen LogP contribution < -0.4 is 18.9 Å².